The first-order chi connectivity index (χ1) is 8.75. The third-order valence-electron chi connectivity index (χ3n) is 3.65. The highest BCUT2D eigenvalue weighted by Gasteiger charge is 2.18. The van der Waals surface area contributed by atoms with Crippen LogP contribution in [0.1, 0.15) is 24.8 Å². The van der Waals surface area contributed by atoms with Crippen molar-refractivity contribution in [3.8, 4) is 0 Å². The molecule has 1 aliphatic rings. The number of anilines is 1. The summed E-state index contributed by atoms with van der Waals surface area (Å²) in [5, 5.41) is 5.94. The first-order valence-corrected chi connectivity index (χ1v) is 6.74. The molecule has 0 aromatic heterocycles. The number of benzene rings is 2. The molecule has 1 saturated carbocycles. The molecule has 0 amide bonds. The quantitative estimate of drug-likeness (QED) is 0.826. The second kappa shape index (κ2) is 4.58. The number of nitrogens with one attached hydrogen (secondary N) is 1. The molecule has 1 aliphatic carbocycles. The maximum absolute atomic E-state index is 5.78. The highest BCUT2D eigenvalue weighted by atomic mass is 32.1. The fourth-order valence-electron chi connectivity index (χ4n) is 2.41. The molecule has 0 radical (unpaired) electrons. The van der Waals surface area contributed by atoms with Gasteiger partial charge in [-0.05, 0) is 36.8 Å². The average Bonchev–Trinajstić information content (AvgIpc) is 2.33. The number of nitrogens with two attached hydrogens (primary N) is 1. The number of fused-ring (bicyclic) bond motifs is 1. The average molecular weight is 256 g/mol. The Morgan fingerprint density at radius 3 is 2.44 bits per heavy atom. The van der Waals surface area contributed by atoms with Crippen LogP contribution < -0.4 is 11.1 Å². The van der Waals surface area contributed by atoms with Gasteiger partial charge in [-0.25, -0.2) is 0 Å². The predicted octanol–water partition coefficient (Wildman–Crippen LogP) is 3.44. The van der Waals surface area contributed by atoms with Gasteiger partial charge in [-0.1, -0.05) is 36.5 Å². The number of thiocarbonyl (C=S) groups is 1. The van der Waals surface area contributed by atoms with Crippen molar-refractivity contribution in [1.82, 2.24) is 0 Å². The molecule has 0 unspecified atom stereocenters. The Balaban J connectivity index is 2.10. The van der Waals surface area contributed by atoms with Crippen molar-refractivity contribution < 1.29 is 0 Å². The molecule has 2 aromatic carbocycles. The predicted molar refractivity (Wildman–Crippen MR) is 81.1 cm³/mol. The van der Waals surface area contributed by atoms with Gasteiger partial charge in [0, 0.05) is 22.7 Å². The fourth-order valence-corrected chi connectivity index (χ4v) is 2.59. The molecule has 2 aromatic rings. The molecule has 0 bridgehead atoms. The first-order valence-electron chi connectivity index (χ1n) is 6.34. The van der Waals surface area contributed by atoms with Crippen molar-refractivity contribution in [3.63, 3.8) is 0 Å². The van der Waals surface area contributed by atoms with Crippen LogP contribution in [0.5, 0.6) is 0 Å². The molecule has 1 fully saturated rings. The van der Waals surface area contributed by atoms with Gasteiger partial charge in [0.25, 0.3) is 0 Å². The highest BCUT2D eigenvalue weighted by molar-refractivity contribution is 7.80. The molecule has 0 atom stereocenters. The van der Waals surface area contributed by atoms with Crippen molar-refractivity contribution in [2.45, 2.75) is 25.3 Å². The lowest BCUT2D eigenvalue weighted by atomic mass is 9.92. The van der Waals surface area contributed by atoms with E-state index in [4.69, 9.17) is 18.0 Å². The maximum Gasteiger partial charge on any atom is 0.104 e. The second-order valence-corrected chi connectivity index (χ2v) is 5.28. The smallest absolute Gasteiger partial charge is 0.104 e. The summed E-state index contributed by atoms with van der Waals surface area (Å²) in [4.78, 5) is 0.460. The summed E-state index contributed by atoms with van der Waals surface area (Å²) in [5.74, 6) is 0. The summed E-state index contributed by atoms with van der Waals surface area (Å²) >= 11 is 5.11. The van der Waals surface area contributed by atoms with Crippen LogP contribution in [0.15, 0.2) is 36.4 Å². The van der Waals surface area contributed by atoms with Gasteiger partial charge in [-0.3, -0.25) is 0 Å². The number of hydrogen-bond acceptors (Lipinski definition) is 2. The van der Waals surface area contributed by atoms with Crippen LogP contribution in [-0.4, -0.2) is 11.0 Å². The first kappa shape index (κ1) is 11.5. The minimum Gasteiger partial charge on any atom is -0.389 e. The van der Waals surface area contributed by atoms with E-state index >= 15 is 0 Å². The van der Waals surface area contributed by atoms with E-state index in [1.807, 2.05) is 12.1 Å². The second-order valence-electron chi connectivity index (χ2n) is 4.84. The van der Waals surface area contributed by atoms with E-state index in [1.54, 1.807) is 0 Å². The van der Waals surface area contributed by atoms with Gasteiger partial charge in [-0.2, -0.15) is 0 Å². The summed E-state index contributed by atoms with van der Waals surface area (Å²) in [7, 11) is 0. The fraction of sp³-hybridized carbons (Fsp3) is 0.267. The minimum absolute atomic E-state index is 0.460. The van der Waals surface area contributed by atoms with Crippen molar-refractivity contribution in [2.75, 3.05) is 5.32 Å². The molecule has 0 heterocycles. The van der Waals surface area contributed by atoms with Crippen LogP contribution in [0.2, 0.25) is 0 Å². The molecule has 92 valence electrons. The monoisotopic (exact) mass is 256 g/mol. The Kier molecular flexibility index (Phi) is 2.92. The van der Waals surface area contributed by atoms with E-state index in [1.165, 1.54) is 30.3 Å². The van der Waals surface area contributed by atoms with E-state index in [-0.39, 0.29) is 0 Å². The normalized spacial score (nSPS) is 15.3. The van der Waals surface area contributed by atoms with E-state index in [9.17, 15) is 0 Å². The zero-order valence-corrected chi connectivity index (χ0v) is 11.0. The standard InChI is InChI=1S/C15H16N2S/c16-15(18)13-8-9-14(17-10-4-3-5-10)12-7-2-1-6-11(12)13/h1-2,6-10,17H,3-5H2,(H2,16,18). The van der Waals surface area contributed by atoms with Crippen LogP contribution in [-0.2, 0) is 0 Å². The Labute approximate surface area is 112 Å². The van der Waals surface area contributed by atoms with Crippen LogP contribution >= 0.6 is 12.2 Å². The molecular weight excluding hydrogens is 240 g/mol. The third-order valence-corrected chi connectivity index (χ3v) is 3.87. The van der Waals surface area contributed by atoms with Crippen LogP contribution in [0.3, 0.4) is 0 Å². The summed E-state index contributed by atoms with van der Waals surface area (Å²) < 4.78 is 0. The van der Waals surface area contributed by atoms with Crippen molar-refractivity contribution in [1.29, 1.82) is 0 Å². The summed E-state index contributed by atoms with van der Waals surface area (Å²) in [6.45, 7) is 0. The molecule has 0 saturated heterocycles. The van der Waals surface area contributed by atoms with Crippen LogP contribution in [0, 0.1) is 0 Å². The Morgan fingerprint density at radius 2 is 1.83 bits per heavy atom. The lowest BCUT2D eigenvalue weighted by molar-refractivity contribution is 0.446. The molecule has 2 nitrogen and oxygen atoms in total. The van der Waals surface area contributed by atoms with E-state index in [0.29, 0.717) is 11.0 Å². The zero-order valence-electron chi connectivity index (χ0n) is 10.1. The molecule has 3 N–H and O–H groups in total. The zero-order chi connectivity index (χ0) is 12.5. The van der Waals surface area contributed by atoms with Gasteiger partial charge in [0.15, 0.2) is 0 Å². The Hall–Kier alpha value is -1.61. The van der Waals surface area contributed by atoms with Gasteiger partial charge in [0.2, 0.25) is 0 Å². The number of rotatable bonds is 3. The molecule has 3 rings (SSSR count). The summed E-state index contributed by atoms with van der Waals surface area (Å²) in [6, 6.07) is 13.0. The molecule has 0 spiro atoms. The van der Waals surface area contributed by atoms with Crippen molar-refractivity contribution >= 4 is 33.7 Å². The molecule has 0 aliphatic heterocycles. The van der Waals surface area contributed by atoms with Crippen molar-refractivity contribution in [3.05, 3.63) is 42.0 Å². The third kappa shape index (κ3) is 1.95. The summed E-state index contributed by atoms with van der Waals surface area (Å²) in [6.07, 6.45) is 3.87. The van der Waals surface area contributed by atoms with Gasteiger partial charge >= 0.3 is 0 Å². The lowest BCUT2D eigenvalue weighted by Gasteiger charge is -2.28. The lowest BCUT2D eigenvalue weighted by Crippen LogP contribution is -2.27. The highest BCUT2D eigenvalue weighted by Crippen LogP contribution is 2.30. The maximum atomic E-state index is 5.78. The largest absolute Gasteiger partial charge is 0.389 e. The summed E-state index contributed by atoms with van der Waals surface area (Å²) in [5.41, 5.74) is 7.93. The van der Waals surface area contributed by atoms with Crippen LogP contribution in [0.4, 0.5) is 5.69 Å². The molecule has 3 heteroatoms. The molecular formula is C15H16N2S. The van der Waals surface area contributed by atoms with Crippen LogP contribution in [0.25, 0.3) is 10.8 Å². The Bertz CT molecular complexity index is 602. The SMILES string of the molecule is NC(=S)c1ccc(NC2CCC2)c2ccccc12. The molecule has 18 heavy (non-hydrogen) atoms. The topological polar surface area (TPSA) is 38.0 Å². The van der Waals surface area contributed by atoms with E-state index in [0.717, 1.165) is 10.9 Å². The van der Waals surface area contributed by atoms with Gasteiger partial charge in [0.05, 0.1) is 0 Å². The van der Waals surface area contributed by atoms with E-state index < -0.39 is 0 Å². The Morgan fingerprint density at radius 1 is 1.11 bits per heavy atom. The van der Waals surface area contributed by atoms with Gasteiger partial charge < -0.3 is 11.1 Å². The van der Waals surface area contributed by atoms with E-state index in [2.05, 4.69) is 29.6 Å². The minimum atomic E-state index is 0.460. The van der Waals surface area contributed by atoms with Gasteiger partial charge in [-0.15, -0.1) is 0 Å². The van der Waals surface area contributed by atoms with Crippen molar-refractivity contribution in [2.24, 2.45) is 5.73 Å². The number of hydrogen-bond donors (Lipinski definition) is 2. The van der Waals surface area contributed by atoms with Gasteiger partial charge in [0.1, 0.15) is 4.99 Å².